The Hall–Kier alpha value is -18.2. The molecule has 13 heterocycles. The molecule has 2 aliphatic rings. The standard InChI is InChI=1S/C23H21F2N7O2.C22H21FN6O.C19H14N6O.C19H17N5O3.C14H13N5O/c1-31-8-10-32(11-9-31)23(34)13-4-2-7-16-19(13)29-21(27-16)20-17(12-26-30-20)28-22(33)18-14(24)5-3-6-15(18)25;23-19-14(13-29-10-3-4-11-29)6-5-7-15(19)22(30)27-18-12-24-28-20(18)21-25-16-8-1-2-9-17(16)26-21;26-19(12-5-3-4-11-8-9-20-16(11)12)24-15-10-21-25-17(15)18-22-13-6-1-2-7-14(13)23-18;1-26-11-7-8-12(16(9-11)27-2)19(25)23-15-10-20-24-17(15)18-21-13-5-3-4-6-14(13)22-18;1-9(20)17-12-8-16-19-13(12)14-15-7-11(18-14)10-5-3-2-4-6-10/h2-7,12H,8-11H2,1H3,(H,26,30)(H,27,29)(H,28,33);1-2,5-9,12H,3-4,10-11,13H2,(H,24,28)(H,25,26)(H,27,30);1-10,20H,(H,21,25)(H,22,23)(H,24,26);3-10H,1-2H3,(H,20,24)(H,21,22)(H,23,25);2-8H,1H3,(H,15,18)(H,16,19)(H,17,20). The molecule has 11 aromatic heterocycles. The summed E-state index contributed by atoms with van der Waals surface area (Å²) in [6, 6.07) is 58.9. The number of ether oxygens (including phenoxy) is 2. The van der Waals surface area contributed by atoms with Crippen LogP contribution in [0.4, 0.5) is 41.6 Å². The zero-order valence-corrected chi connectivity index (χ0v) is 73.7. The molecule has 2 saturated heterocycles. The molecule has 0 spiro atoms. The lowest BCUT2D eigenvalue weighted by Crippen LogP contribution is -2.47. The van der Waals surface area contributed by atoms with Crippen LogP contribution in [0.25, 0.3) is 124 Å². The van der Waals surface area contributed by atoms with Crippen LogP contribution < -0.4 is 36.1 Å². The van der Waals surface area contributed by atoms with Crippen molar-refractivity contribution < 1.29 is 51.4 Å². The fourth-order valence-corrected chi connectivity index (χ4v) is 15.7. The van der Waals surface area contributed by atoms with Gasteiger partial charge < -0.3 is 75.8 Å². The Morgan fingerprint density at radius 3 is 1.42 bits per heavy atom. The van der Waals surface area contributed by atoms with Crippen molar-refractivity contribution in [3.8, 4) is 80.3 Å². The average Bonchev–Trinajstić information content (AvgIpc) is 1.61. The summed E-state index contributed by atoms with van der Waals surface area (Å²) in [5.41, 5.74) is 15.3. The number of halogens is 3. The number of nitrogens with one attached hydrogen (secondary N) is 16. The van der Waals surface area contributed by atoms with Crippen molar-refractivity contribution in [3.05, 3.63) is 294 Å². The maximum Gasteiger partial charge on any atom is 0.261 e. The number of carbonyl (C=O) groups excluding carboxylic acids is 6. The summed E-state index contributed by atoms with van der Waals surface area (Å²) in [5, 5.41) is 48.9. The number of amides is 6. The Balaban J connectivity index is 0.000000115. The molecule has 37 nitrogen and oxygen atoms in total. The van der Waals surface area contributed by atoms with Crippen molar-refractivity contribution in [1.82, 2.24) is 121 Å². The monoisotopic (exact) mass is 1840 g/mol. The molecule has 0 atom stereocenters. The van der Waals surface area contributed by atoms with E-state index in [2.05, 4.69) is 142 Å². The molecule has 0 aliphatic carbocycles. The molecule has 6 amide bonds. The number of H-pyrrole nitrogens is 11. The molecule has 16 N–H and O–H groups in total. The van der Waals surface area contributed by atoms with Gasteiger partial charge in [-0.25, -0.2) is 38.1 Å². The number of nitrogens with zero attached hydrogens (tertiary/aromatic N) is 13. The van der Waals surface area contributed by atoms with Gasteiger partial charge in [-0.1, -0.05) is 103 Å². The molecule has 688 valence electrons. The Morgan fingerprint density at radius 2 is 0.876 bits per heavy atom. The van der Waals surface area contributed by atoms with Gasteiger partial charge in [-0.05, 0) is 130 Å². The van der Waals surface area contributed by atoms with Gasteiger partial charge in [-0.3, -0.25) is 59.2 Å². The normalized spacial score (nSPS) is 12.5. The number of aromatic nitrogens is 21. The quantitative estimate of drug-likeness (QED) is 0.0337. The van der Waals surface area contributed by atoms with Crippen molar-refractivity contribution in [2.45, 2.75) is 26.3 Å². The van der Waals surface area contributed by atoms with Crippen LogP contribution in [0.3, 0.4) is 0 Å². The number of anilines is 5. The summed E-state index contributed by atoms with van der Waals surface area (Å²) in [5.74, 6) is -0.967. The van der Waals surface area contributed by atoms with E-state index >= 15 is 4.39 Å². The van der Waals surface area contributed by atoms with Crippen molar-refractivity contribution in [3.63, 3.8) is 0 Å². The van der Waals surface area contributed by atoms with E-state index in [1.54, 1.807) is 85.2 Å². The number of hydrogen-bond donors (Lipinski definition) is 16. The lowest BCUT2D eigenvalue weighted by molar-refractivity contribution is -0.114. The first-order valence-corrected chi connectivity index (χ1v) is 43.2. The van der Waals surface area contributed by atoms with Gasteiger partial charge >= 0.3 is 0 Å². The van der Waals surface area contributed by atoms with Crippen LogP contribution in [0, 0.1) is 17.5 Å². The van der Waals surface area contributed by atoms with E-state index in [9.17, 15) is 37.5 Å². The number of para-hydroxylation sites is 8. The molecular formula is C97H86F3N29O8. The summed E-state index contributed by atoms with van der Waals surface area (Å²) < 4.78 is 53.5. The van der Waals surface area contributed by atoms with E-state index in [1.165, 1.54) is 44.8 Å². The van der Waals surface area contributed by atoms with Crippen molar-refractivity contribution in [1.29, 1.82) is 0 Å². The summed E-state index contributed by atoms with van der Waals surface area (Å²) in [6.45, 7) is 6.76. The smallest absolute Gasteiger partial charge is 0.261 e. The minimum absolute atomic E-state index is 0.0171. The summed E-state index contributed by atoms with van der Waals surface area (Å²) in [6.07, 6.45) is 13.3. The molecule has 0 saturated carbocycles. The molecule has 0 bridgehead atoms. The van der Waals surface area contributed by atoms with E-state index in [0.29, 0.717) is 145 Å². The summed E-state index contributed by atoms with van der Waals surface area (Å²) >= 11 is 0. The number of carbonyl (C=O) groups is 6. The minimum Gasteiger partial charge on any atom is -0.497 e. The Kier molecular flexibility index (Phi) is 26.3. The van der Waals surface area contributed by atoms with Crippen LogP contribution in [-0.4, -0.2) is 216 Å². The summed E-state index contributed by atoms with van der Waals surface area (Å²) in [4.78, 5) is 123. The van der Waals surface area contributed by atoms with Crippen molar-refractivity contribution in [2.24, 2.45) is 0 Å². The minimum atomic E-state index is -0.974. The summed E-state index contributed by atoms with van der Waals surface area (Å²) in [7, 11) is 5.08. The predicted octanol–water partition coefficient (Wildman–Crippen LogP) is 16.1. The van der Waals surface area contributed by atoms with E-state index in [-0.39, 0.29) is 34.9 Å². The van der Waals surface area contributed by atoms with Gasteiger partial charge in [0, 0.05) is 62.9 Å². The fourth-order valence-electron chi connectivity index (χ4n) is 15.7. The van der Waals surface area contributed by atoms with Gasteiger partial charge in [0.25, 0.3) is 29.5 Å². The zero-order valence-electron chi connectivity index (χ0n) is 73.7. The molecule has 40 heteroatoms. The van der Waals surface area contributed by atoms with Gasteiger partial charge in [-0.15, -0.1) is 0 Å². The second-order valence-corrected chi connectivity index (χ2v) is 31.7. The molecule has 2 aliphatic heterocycles. The van der Waals surface area contributed by atoms with E-state index < -0.39 is 34.8 Å². The molecular weight excluding hydrogens is 1760 g/mol. The number of likely N-dealkylation sites (tertiary alicyclic amines) is 1. The number of hydrogen-bond acceptors (Lipinski definition) is 20. The highest BCUT2D eigenvalue weighted by Crippen LogP contribution is 2.35. The van der Waals surface area contributed by atoms with Gasteiger partial charge in [0.2, 0.25) is 5.91 Å². The maximum atomic E-state index is 15.0. The first-order chi connectivity index (χ1) is 66.8. The van der Waals surface area contributed by atoms with Crippen LogP contribution in [0.5, 0.6) is 11.5 Å². The number of likely N-dealkylation sites (N-methyl/N-ethyl adjacent to an activating group) is 1. The molecule has 20 aromatic rings. The largest absolute Gasteiger partial charge is 0.497 e. The molecule has 22 rings (SSSR count). The first kappa shape index (κ1) is 89.4. The Labute approximate surface area is 775 Å². The predicted molar refractivity (Wildman–Crippen MR) is 511 cm³/mol. The number of aromatic amines is 11. The number of piperazine rings is 1. The first-order valence-electron chi connectivity index (χ1n) is 43.2. The number of imidazole rings is 5. The van der Waals surface area contributed by atoms with Gasteiger partial charge in [0.15, 0.2) is 29.1 Å². The SMILES string of the molecule is CC(=O)Nc1cn[nH]c1-c1ncc(-c2ccccc2)[nH]1.CN1CCN(C(=O)c2cccc3[nH]c(-c4[nH]ncc4NC(=O)c4c(F)cccc4F)nc23)CC1.COc1ccc(C(=O)Nc2cn[nH]c2-c2nc3ccccc3[nH]2)c(OC)c1.O=C(Nc1cn[nH]c1-c1nc2ccccc2[nH]1)c1cccc(CN2CCCC2)c1F.O=C(Nc1cn[nH]c1-c1nc2ccccc2[nH]1)c1cccc2cc[nH]c12. The lowest BCUT2D eigenvalue weighted by atomic mass is 10.1. The van der Waals surface area contributed by atoms with Crippen LogP contribution in [0.15, 0.2) is 244 Å². The van der Waals surface area contributed by atoms with Crippen LogP contribution in [0.1, 0.15) is 77.1 Å². The average molecular weight is 1840 g/mol. The third kappa shape index (κ3) is 19.9. The van der Waals surface area contributed by atoms with Crippen molar-refractivity contribution >= 4 is 119 Å². The topological polar surface area (TPSA) is 493 Å². The van der Waals surface area contributed by atoms with E-state index in [4.69, 9.17) is 9.47 Å². The lowest BCUT2D eigenvalue weighted by Gasteiger charge is -2.32. The second-order valence-electron chi connectivity index (χ2n) is 31.7. The molecule has 0 radical (unpaired) electrons. The second kappa shape index (κ2) is 40.3. The van der Waals surface area contributed by atoms with Crippen LogP contribution in [0.2, 0.25) is 0 Å². The zero-order chi connectivity index (χ0) is 94.6. The highest BCUT2D eigenvalue weighted by Gasteiger charge is 2.29. The molecule has 137 heavy (non-hydrogen) atoms. The highest BCUT2D eigenvalue weighted by molar-refractivity contribution is 6.14. The molecule has 0 unspecified atom stereocenters. The van der Waals surface area contributed by atoms with Gasteiger partial charge in [0.05, 0.1) is 152 Å². The fraction of sp³-hybridized carbons (Fsp3) is 0.134. The maximum absolute atomic E-state index is 15.0. The highest BCUT2D eigenvalue weighted by atomic mass is 19.1. The number of fused-ring (bicyclic) bond motifs is 5. The number of rotatable bonds is 20. The van der Waals surface area contributed by atoms with E-state index in [0.717, 1.165) is 106 Å². The Morgan fingerprint density at radius 1 is 0.416 bits per heavy atom. The molecule has 9 aromatic carbocycles. The third-order valence-corrected chi connectivity index (χ3v) is 22.6. The molecule has 2 fully saturated rings. The third-order valence-electron chi connectivity index (χ3n) is 22.6. The van der Waals surface area contributed by atoms with Gasteiger partial charge in [-0.2, -0.15) is 25.5 Å². The number of methoxy groups -OCH3 is 2. The van der Waals surface area contributed by atoms with Crippen molar-refractivity contribution in [2.75, 3.05) is 87.1 Å². The van der Waals surface area contributed by atoms with Gasteiger partial charge in [0.1, 0.15) is 68.5 Å². The van der Waals surface area contributed by atoms with Crippen LogP contribution >= 0.6 is 0 Å². The van der Waals surface area contributed by atoms with E-state index in [1.807, 2.05) is 135 Å². The van der Waals surface area contributed by atoms with Crippen LogP contribution in [-0.2, 0) is 11.3 Å². The number of benzene rings is 9. The Bertz CT molecular complexity index is 7650.